The number of carbonyl (C=O) groups is 2. The van der Waals surface area contributed by atoms with E-state index in [0.717, 1.165) is 37.3 Å². The van der Waals surface area contributed by atoms with Gasteiger partial charge in [-0.05, 0) is 38.7 Å². The average Bonchev–Trinajstić information content (AvgIpc) is 3.40. The van der Waals surface area contributed by atoms with Crippen molar-refractivity contribution in [2.24, 2.45) is 17.8 Å². The highest BCUT2D eigenvalue weighted by Crippen LogP contribution is 2.52. The van der Waals surface area contributed by atoms with Gasteiger partial charge < -0.3 is 14.5 Å². The van der Waals surface area contributed by atoms with Crippen molar-refractivity contribution < 1.29 is 14.3 Å². The maximum absolute atomic E-state index is 13.3. The Labute approximate surface area is 179 Å². The summed E-state index contributed by atoms with van der Waals surface area (Å²) in [5.41, 5.74) is 1.53. The first-order chi connectivity index (χ1) is 14.2. The highest BCUT2D eigenvalue weighted by Gasteiger charge is 2.66. The van der Waals surface area contributed by atoms with E-state index >= 15 is 0 Å². The van der Waals surface area contributed by atoms with Gasteiger partial charge in [0.05, 0.1) is 30.2 Å². The zero-order valence-electron chi connectivity index (χ0n) is 18.8. The third kappa shape index (κ3) is 3.57. The predicted molar refractivity (Wildman–Crippen MR) is 114 cm³/mol. The van der Waals surface area contributed by atoms with Crippen LogP contribution in [0.15, 0.2) is 18.2 Å². The van der Waals surface area contributed by atoms with Crippen molar-refractivity contribution in [2.75, 3.05) is 26.7 Å². The summed E-state index contributed by atoms with van der Waals surface area (Å²) >= 11 is 0. The lowest BCUT2D eigenvalue weighted by Gasteiger charge is -2.28. The van der Waals surface area contributed by atoms with Crippen molar-refractivity contribution in [1.82, 2.24) is 19.6 Å². The van der Waals surface area contributed by atoms with E-state index in [-0.39, 0.29) is 23.8 Å². The van der Waals surface area contributed by atoms with Crippen molar-refractivity contribution >= 4 is 11.8 Å². The lowest BCUT2D eigenvalue weighted by Crippen LogP contribution is -2.45. The molecule has 3 aliphatic heterocycles. The molecule has 0 radical (unpaired) electrons. The molecule has 0 unspecified atom stereocenters. The summed E-state index contributed by atoms with van der Waals surface area (Å²) in [4.78, 5) is 30.2. The molecule has 1 spiro atoms. The summed E-state index contributed by atoms with van der Waals surface area (Å²) in [6.07, 6.45) is 5.52. The van der Waals surface area contributed by atoms with Gasteiger partial charge >= 0.3 is 0 Å². The molecule has 2 bridgehead atoms. The van der Waals surface area contributed by atoms with E-state index in [1.54, 1.807) is 4.90 Å². The van der Waals surface area contributed by atoms with Gasteiger partial charge in [0.15, 0.2) is 0 Å². The minimum Gasteiger partial charge on any atom is -0.360 e. The molecule has 4 heterocycles. The summed E-state index contributed by atoms with van der Waals surface area (Å²) in [6, 6.07) is 2.06. The van der Waals surface area contributed by atoms with Crippen LogP contribution < -0.4 is 0 Å². The van der Waals surface area contributed by atoms with Gasteiger partial charge in [-0.3, -0.25) is 14.3 Å². The SMILES string of the molecule is Cc1cc(C)n(CCCN(C)C(=O)[C@@H]2[C@@H]3C=C[C@@]4(CN(CCC(C)C)C(=O)[C@H]24)O3)n1. The second-order valence-corrected chi connectivity index (χ2v) is 9.61. The zero-order valence-corrected chi connectivity index (χ0v) is 18.8. The molecule has 7 heteroatoms. The van der Waals surface area contributed by atoms with E-state index in [4.69, 9.17) is 4.74 Å². The molecule has 164 valence electrons. The molecule has 2 saturated heterocycles. The molecule has 4 atom stereocenters. The van der Waals surface area contributed by atoms with Crippen LogP contribution in [0.2, 0.25) is 0 Å². The Morgan fingerprint density at radius 3 is 2.80 bits per heavy atom. The van der Waals surface area contributed by atoms with Crippen LogP contribution in [-0.4, -0.2) is 69.8 Å². The number of aromatic nitrogens is 2. The van der Waals surface area contributed by atoms with Gasteiger partial charge in [-0.15, -0.1) is 0 Å². The van der Waals surface area contributed by atoms with E-state index in [0.29, 0.717) is 19.0 Å². The number of hydrogen-bond acceptors (Lipinski definition) is 4. The lowest BCUT2D eigenvalue weighted by atomic mass is 9.76. The standard InChI is InChI=1S/C23H34N4O3/c1-15(2)8-12-26-14-23-9-7-18(30-23)19(20(23)22(26)29)21(28)25(5)10-6-11-27-17(4)13-16(3)24-27/h7,9,13,15,18-20H,6,8,10-12,14H2,1-5H3/t18-,19+,20-,23-/m0/s1. The summed E-state index contributed by atoms with van der Waals surface area (Å²) in [7, 11) is 1.84. The van der Waals surface area contributed by atoms with Crippen LogP contribution in [0, 0.1) is 31.6 Å². The fraction of sp³-hybridized carbons (Fsp3) is 0.696. The highest BCUT2D eigenvalue weighted by atomic mass is 16.5. The van der Waals surface area contributed by atoms with Crippen LogP contribution in [0.3, 0.4) is 0 Å². The summed E-state index contributed by atoms with van der Waals surface area (Å²) in [6.45, 7) is 11.1. The molecule has 30 heavy (non-hydrogen) atoms. The third-order valence-electron chi connectivity index (χ3n) is 6.78. The van der Waals surface area contributed by atoms with Crippen LogP contribution in [0.5, 0.6) is 0 Å². The summed E-state index contributed by atoms with van der Waals surface area (Å²) in [5, 5.41) is 4.49. The molecule has 7 nitrogen and oxygen atoms in total. The molecule has 0 N–H and O–H groups in total. The molecule has 1 aromatic rings. The smallest absolute Gasteiger partial charge is 0.230 e. The van der Waals surface area contributed by atoms with Crippen LogP contribution in [0.25, 0.3) is 0 Å². The van der Waals surface area contributed by atoms with Crippen LogP contribution in [0.4, 0.5) is 0 Å². The second kappa shape index (κ2) is 7.84. The Balaban J connectivity index is 1.39. The van der Waals surface area contributed by atoms with Crippen molar-refractivity contribution in [2.45, 2.75) is 58.8 Å². The Bertz CT molecular complexity index is 861. The molecule has 0 aromatic carbocycles. The fourth-order valence-electron chi connectivity index (χ4n) is 5.19. The van der Waals surface area contributed by atoms with E-state index in [1.807, 2.05) is 42.6 Å². The largest absolute Gasteiger partial charge is 0.360 e. The predicted octanol–water partition coefficient (Wildman–Crippen LogP) is 2.18. The quantitative estimate of drug-likeness (QED) is 0.612. The number of hydrogen-bond donors (Lipinski definition) is 0. The number of carbonyl (C=O) groups excluding carboxylic acids is 2. The number of nitrogens with zero attached hydrogens (tertiary/aromatic N) is 4. The van der Waals surface area contributed by atoms with Gasteiger partial charge in [0.25, 0.3) is 0 Å². The number of rotatable bonds is 8. The molecule has 4 rings (SSSR count). The van der Waals surface area contributed by atoms with Gasteiger partial charge in [0.1, 0.15) is 5.60 Å². The Morgan fingerprint density at radius 2 is 2.13 bits per heavy atom. The number of aryl methyl sites for hydroxylation is 3. The first-order valence-electron chi connectivity index (χ1n) is 11.1. The average molecular weight is 415 g/mol. The van der Waals surface area contributed by atoms with E-state index in [2.05, 4.69) is 25.0 Å². The second-order valence-electron chi connectivity index (χ2n) is 9.61. The van der Waals surface area contributed by atoms with Gasteiger partial charge in [-0.2, -0.15) is 5.10 Å². The molecule has 2 fully saturated rings. The lowest BCUT2D eigenvalue weighted by molar-refractivity contribution is -0.142. The maximum Gasteiger partial charge on any atom is 0.230 e. The summed E-state index contributed by atoms with van der Waals surface area (Å²) < 4.78 is 8.22. The molecule has 0 saturated carbocycles. The fourth-order valence-corrected chi connectivity index (χ4v) is 5.19. The molecular formula is C23H34N4O3. The van der Waals surface area contributed by atoms with Gasteiger partial charge in [0.2, 0.25) is 11.8 Å². The first-order valence-corrected chi connectivity index (χ1v) is 11.1. The molecule has 0 aliphatic carbocycles. The van der Waals surface area contributed by atoms with Gasteiger partial charge in [-0.1, -0.05) is 26.0 Å². The zero-order chi connectivity index (χ0) is 21.6. The van der Waals surface area contributed by atoms with E-state index in [1.165, 1.54) is 0 Å². The van der Waals surface area contributed by atoms with Crippen LogP contribution >= 0.6 is 0 Å². The monoisotopic (exact) mass is 414 g/mol. The molecule has 2 amide bonds. The topological polar surface area (TPSA) is 67.7 Å². The summed E-state index contributed by atoms with van der Waals surface area (Å²) in [5.74, 6) is -0.161. The molecule has 3 aliphatic rings. The van der Waals surface area contributed by atoms with Crippen molar-refractivity contribution in [3.63, 3.8) is 0 Å². The van der Waals surface area contributed by atoms with Crippen molar-refractivity contribution in [3.05, 3.63) is 29.6 Å². The highest BCUT2D eigenvalue weighted by molar-refractivity contribution is 5.93. The van der Waals surface area contributed by atoms with E-state index < -0.39 is 11.5 Å². The number of fused-ring (bicyclic) bond motifs is 1. The Kier molecular flexibility index (Phi) is 5.51. The van der Waals surface area contributed by atoms with E-state index in [9.17, 15) is 9.59 Å². The Hall–Kier alpha value is -2.15. The third-order valence-corrected chi connectivity index (χ3v) is 6.78. The maximum atomic E-state index is 13.3. The number of likely N-dealkylation sites (tertiary alicyclic amines) is 1. The molecule has 1 aromatic heterocycles. The van der Waals surface area contributed by atoms with Crippen LogP contribution in [-0.2, 0) is 20.9 Å². The minimum absolute atomic E-state index is 0.0173. The number of ether oxygens (including phenoxy) is 1. The molecular weight excluding hydrogens is 380 g/mol. The normalized spacial score (nSPS) is 29.3. The Morgan fingerprint density at radius 1 is 1.37 bits per heavy atom. The first kappa shape index (κ1) is 21.1. The minimum atomic E-state index is -0.608. The van der Waals surface area contributed by atoms with Crippen LogP contribution in [0.1, 0.15) is 38.1 Å². The number of amides is 2. The van der Waals surface area contributed by atoms with Gasteiger partial charge in [0, 0.05) is 32.4 Å². The van der Waals surface area contributed by atoms with Crippen molar-refractivity contribution in [1.29, 1.82) is 0 Å². The van der Waals surface area contributed by atoms with Crippen molar-refractivity contribution in [3.8, 4) is 0 Å². The van der Waals surface area contributed by atoms with Gasteiger partial charge in [-0.25, -0.2) is 0 Å².